The van der Waals surface area contributed by atoms with E-state index < -0.39 is 10.0 Å². The Kier molecular flexibility index (Phi) is 6.87. The smallest absolute Gasteiger partial charge is 0.246 e. The normalized spacial score (nSPS) is 15.9. The van der Waals surface area contributed by atoms with Crippen LogP contribution < -0.4 is 0 Å². The van der Waals surface area contributed by atoms with Crippen LogP contribution in [0.3, 0.4) is 0 Å². The van der Waals surface area contributed by atoms with Gasteiger partial charge in [-0.3, -0.25) is 4.79 Å². The van der Waals surface area contributed by atoms with Gasteiger partial charge in [-0.15, -0.1) is 0 Å². The molecule has 0 bridgehead atoms. The first-order valence-electron chi connectivity index (χ1n) is 9.99. The van der Waals surface area contributed by atoms with Gasteiger partial charge in [0.25, 0.3) is 0 Å². The first kappa shape index (κ1) is 21.3. The minimum Gasteiger partial charge on any atom is -0.339 e. The Balaban J connectivity index is 1.60. The predicted molar refractivity (Wildman–Crippen MR) is 118 cm³/mol. The van der Waals surface area contributed by atoms with Gasteiger partial charge in [0.1, 0.15) is 0 Å². The molecule has 2 aromatic rings. The molecule has 2 aromatic carbocycles. The van der Waals surface area contributed by atoms with Gasteiger partial charge in [-0.05, 0) is 48.6 Å². The van der Waals surface area contributed by atoms with E-state index in [1.807, 2.05) is 36.4 Å². The molecule has 0 radical (unpaired) electrons. The van der Waals surface area contributed by atoms with Crippen LogP contribution in [0.5, 0.6) is 0 Å². The zero-order valence-corrected chi connectivity index (χ0v) is 17.8. The van der Waals surface area contributed by atoms with Crippen LogP contribution in [0, 0.1) is 0 Å². The summed E-state index contributed by atoms with van der Waals surface area (Å²) in [4.78, 5) is 14.4. The molecule has 1 aliphatic rings. The molecule has 0 N–H and O–H groups in total. The van der Waals surface area contributed by atoms with Gasteiger partial charge < -0.3 is 4.90 Å². The van der Waals surface area contributed by atoms with E-state index in [0.29, 0.717) is 25.9 Å². The van der Waals surface area contributed by atoms with Gasteiger partial charge in [0, 0.05) is 32.3 Å². The Labute approximate surface area is 173 Å². The number of nitrogens with zero attached hydrogens (tertiary/aromatic N) is 2. The number of sulfonamides is 1. The number of hydrogen-bond acceptors (Lipinski definition) is 3. The van der Waals surface area contributed by atoms with Crippen LogP contribution in [0.2, 0.25) is 0 Å². The summed E-state index contributed by atoms with van der Waals surface area (Å²) < 4.78 is 25.5. The quantitative estimate of drug-likeness (QED) is 0.681. The predicted octanol–water partition coefficient (Wildman–Crippen LogP) is 3.64. The van der Waals surface area contributed by atoms with Crippen molar-refractivity contribution in [3.8, 4) is 11.1 Å². The molecule has 0 atom stereocenters. The summed E-state index contributed by atoms with van der Waals surface area (Å²) in [6.07, 6.45) is 4.78. The summed E-state index contributed by atoms with van der Waals surface area (Å²) in [6, 6.07) is 18.2. The second-order valence-electron chi connectivity index (χ2n) is 7.30. The lowest BCUT2D eigenvalue weighted by molar-refractivity contribution is -0.127. The summed E-state index contributed by atoms with van der Waals surface area (Å²) in [7, 11) is -1.55. The largest absolute Gasteiger partial charge is 0.339 e. The topological polar surface area (TPSA) is 57.7 Å². The van der Waals surface area contributed by atoms with Crippen molar-refractivity contribution in [3.05, 3.63) is 66.2 Å². The number of hydrogen-bond donors (Lipinski definition) is 0. The highest BCUT2D eigenvalue weighted by molar-refractivity contribution is 7.89. The van der Waals surface area contributed by atoms with Crippen molar-refractivity contribution in [2.45, 2.75) is 25.8 Å². The first-order chi connectivity index (χ1) is 13.9. The molecule has 1 amide bonds. The maximum atomic E-state index is 12.6. The van der Waals surface area contributed by atoms with Crippen LogP contribution in [0.15, 0.2) is 60.7 Å². The fraction of sp³-hybridized carbons (Fsp3) is 0.348. The zero-order chi connectivity index (χ0) is 20.9. The molecular formula is C23H28N2O3S. The number of rotatable bonds is 6. The van der Waals surface area contributed by atoms with Crippen molar-refractivity contribution in [1.82, 2.24) is 9.21 Å². The van der Waals surface area contributed by atoms with Gasteiger partial charge in [-0.2, -0.15) is 0 Å². The van der Waals surface area contributed by atoms with Gasteiger partial charge >= 0.3 is 0 Å². The van der Waals surface area contributed by atoms with Crippen LogP contribution in [0.25, 0.3) is 17.2 Å². The number of carbonyl (C=O) groups is 1. The molecule has 29 heavy (non-hydrogen) atoms. The van der Waals surface area contributed by atoms with Crippen molar-refractivity contribution in [3.63, 3.8) is 0 Å². The lowest BCUT2D eigenvalue weighted by Crippen LogP contribution is -2.47. The Bertz CT molecular complexity index is 963. The Morgan fingerprint density at radius 3 is 2.38 bits per heavy atom. The molecular weight excluding hydrogens is 384 g/mol. The minimum absolute atomic E-state index is 0.0319. The SMILES string of the molecule is CCS(=O)(=O)N(C)C1CCN(C(=O)C=Cc2cccc(-c3ccccc3)c2)CC1. The summed E-state index contributed by atoms with van der Waals surface area (Å²) in [5, 5.41) is 0. The average molecular weight is 413 g/mol. The van der Waals surface area contributed by atoms with Crippen LogP contribution in [0.4, 0.5) is 0 Å². The third-order valence-corrected chi connectivity index (χ3v) is 7.41. The van der Waals surface area contributed by atoms with Crippen LogP contribution in [-0.4, -0.2) is 55.5 Å². The molecule has 154 valence electrons. The summed E-state index contributed by atoms with van der Waals surface area (Å²) in [5.41, 5.74) is 3.23. The molecule has 1 aliphatic heterocycles. The minimum atomic E-state index is -3.19. The first-order valence-corrected chi connectivity index (χ1v) is 11.6. The molecule has 3 rings (SSSR count). The standard InChI is InChI=1S/C23H28N2O3S/c1-3-29(27,28)24(2)22-14-16-25(17-15-22)23(26)13-12-19-8-7-11-21(18-19)20-9-5-4-6-10-20/h4-13,18,22H,3,14-17H2,1-2H3. The van der Waals surface area contributed by atoms with E-state index in [4.69, 9.17) is 0 Å². The molecule has 1 heterocycles. The Morgan fingerprint density at radius 1 is 1.07 bits per heavy atom. The fourth-order valence-electron chi connectivity index (χ4n) is 3.61. The zero-order valence-electron chi connectivity index (χ0n) is 17.0. The van der Waals surface area contributed by atoms with Crippen molar-refractivity contribution in [1.29, 1.82) is 0 Å². The maximum Gasteiger partial charge on any atom is 0.246 e. The number of benzene rings is 2. The monoisotopic (exact) mass is 412 g/mol. The van der Waals surface area contributed by atoms with Crippen LogP contribution >= 0.6 is 0 Å². The van der Waals surface area contributed by atoms with E-state index in [-0.39, 0.29) is 17.7 Å². The van der Waals surface area contributed by atoms with E-state index in [9.17, 15) is 13.2 Å². The van der Waals surface area contributed by atoms with Crippen LogP contribution in [0.1, 0.15) is 25.3 Å². The van der Waals surface area contributed by atoms with Gasteiger partial charge in [0.2, 0.25) is 15.9 Å². The molecule has 0 aliphatic carbocycles. The maximum absolute atomic E-state index is 12.6. The van der Waals surface area contributed by atoms with E-state index in [1.54, 1.807) is 24.9 Å². The average Bonchev–Trinajstić information content (AvgIpc) is 2.78. The van der Waals surface area contributed by atoms with Crippen molar-refractivity contribution < 1.29 is 13.2 Å². The van der Waals surface area contributed by atoms with Gasteiger partial charge in [-0.25, -0.2) is 12.7 Å². The highest BCUT2D eigenvalue weighted by Gasteiger charge is 2.29. The fourth-order valence-corrected chi connectivity index (χ4v) is 4.68. The molecule has 1 fully saturated rings. The van der Waals surface area contributed by atoms with Crippen molar-refractivity contribution in [2.24, 2.45) is 0 Å². The molecule has 0 spiro atoms. The van der Waals surface area contributed by atoms with E-state index >= 15 is 0 Å². The highest BCUT2D eigenvalue weighted by Crippen LogP contribution is 2.21. The molecule has 1 saturated heterocycles. The second-order valence-corrected chi connectivity index (χ2v) is 9.62. The summed E-state index contributed by atoms with van der Waals surface area (Å²) in [6.45, 7) is 2.80. The van der Waals surface area contributed by atoms with Crippen molar-refractivity contribution in [2.75, 3.05) is 25.9 Å². The third-order valence-electron chi connectivity index (χ3n) is 5.51. The number of amides is 1. The van der Waals surface area contributed by atoms with Gasteiger partial charge in [0.15, 0.2) is 0 Å². The lowest BCUT2D eigenvalue weighted by Gasteiger charge is -2.35. The lowest BCUT2D eigenvalue weighted by atomic mass is 10.0. The Morgan fingerprint density at radius 2 is 1.72 bits per heavy atom. The number of likely N-dealkylation sites (tertiary alicyclic amines) is 1. The molecule has 0 unspecified atom stereocenters. The van der Waals surface area contributed by atoms with E-state index in [2.05, 4.69) is 24.3 Å². The van der Waals surface area contributed by atoms with E-state index in [0.717, 1.165) is 16.7 Å². The third kappa shape index (κ3) is 5.34. The molecule has 5 nitrogen and oxygen atoms in total. The second kappa shape index (κ2) is 9.37. The van der Waals surface area contributed by atoms with Gasteiger partial charge in [0.05, 0.1) is 5.75 Å². The molecule has 0 aromatic heterocycles. The Hall–Kier alpha value is -2.44. The summed E-state index contributed by atoms with van der Waals surface area (Å²) in [5.74, 6) is 0.0718. The summed E-state index contributed by atoms with van der Waals surface area (Å²) >= 11 is 0. The van der Waals surface area contributed by atoms with Gasteiger partial charge in [-0.1, -0.05) is 48.5 Å². The number of piperidine rings is 1. The number of carbonyl (C=O) groups excluding carboxylic acids is 1. The highest BCUT2D eigenvalue weighted by atomic mass is 32.2. The van der Waals surface area contributed by atoms with E-state index in [1.165, 1.54) is 4.31 Å². The van der Waals surface area contributed by atoms with Crippen molar-refractivity contribution >= 4 is 22.0 Å². The molecule has 0 saturated carbocycles. The van der Waals surface area contributed by atoms with Crippen LogP contribution in [-0.2, 0) is 14.8 Å². The molecule has 6 heteroatoms.